The van der Waals surface area contributed by atoms with Crippen LogP contribution in [0, 0.1) is 25.7 Å². The number of carbonyl (C=O) groups excluding carboxylic acids is 2. The van der Waals surface area contributed by atoms with Gasteiger partial charge in [0.1, 0.15) is 23.0 Å². The van der Waals surface area contributed by atoms with Crippen molar-refractivity contribution in [2.24, 2.45) is 12.0 Å². The number of thiophene rings is 1. The Morgan fingerprint density at radius 2 is 1.67 bits per heavy atom. The van der Waals surface area contributed by atoms with Gasteiger partial charge in [0, 0.05) is 62.5 Å². The number of halogens is 1. The summed E-state index contributed by atoms with van der Waals surface area (Å²) in [6.07, 6.45) is 3.38. The molecule has 0 radical (unpaired) electrons. The maximum Gasteiger partial charge on any atom is 0.410 e. The molecule has 0 bridgehead atoms. The van der Waals surface area contributed by atoms with Gasteiger partial charge in [0.2, 0.25) is 5.91 Å². The topological polar surface area (TPSA) is 111 Å². The number of benzene rings is 1. The van der Waals surface area contributed by atoms with Gasteiger partial charge in [0.15, 0.2) is 5.82 Å². The predicted octanol–water partition coefficient (Wildman–Crippen LogP) is 5.17. The summed E-state index contributed by atoms with van der Waals surface area (Å²) < 4.78 is 9.10. The summed E-state index contributed by atoms with van der Waals surface area (Å²) in [5, 5.41) is 14.5. The number of nitrogens with zero attached hydrogens (tertiary/aromatic N) is 8. The van der Waals surface area contributed by atoms with E-state index in [1.54, 1.807) is 38.9 Å². The first-order chi connectivity index (χ1) is 21.8. The Balaban J connectivity index is 0.000000222. The number of ether oxygens (including phenoxy) is 1. The lowest BCUT2D eigenvalue weighted by molar-refractivity contribution is -0.130. The second-order valence-corrected chi connectivity index (χ2v) is 13.5. The Morgan fingerprint density at radius 1 is 1.00 bits per heavy atom. The molecule has 240 valence electrons. The number of hydrogen-bond acceptors (Lipinski definition) is 8. The van der Waals surface area contributed by atoms with Crippen LogP contribution in [-0.4, -0.2) is 83.8 Å². The van der Waals surface area contributed by atoms with Crippen molar-refractivity contribution >= 4 is 40.6 Å². The van der Waals surface area contributed by atoms with Gasteiger partial charge in [-0.3, -0.25) is 19.0 Å². The van der Waals surface area contributed by atoms with E-state index in [0.29, 0.717) is 37.7 Å². The van der Waals surface area contributed by atoms with Crippen LogP contribution < -0.4 is 0 Å². The highest BCUT2D eigenvalue weighted by Gasteiger charge is 2.28. The first-order valence-corrected chi connectivity index (χ1v) is 16.1. The molecule has 1 fully saturated rings. The van der Waals surface area contributed by atoms with Crippen molar-refractivity contribution in [1.82, 2.24) is 34.3 Å². The normalized spacial score (nSPS) is 14.1. The van der Waals surface area contributed by atoms with E-state index in [0.717, 1.165) is 49.5 Å². The van der Waals surface area contributed by atoms with E-state index in [4.69, 9.17) is 21.3 Å². The SMILES string of the molecule is CC(=O)N1CCN(C(=O)OC(C)(C)C)CC1.Cc1c(C#Cc2cnn(C)c2)sc2c1C(c1ccc(Cl)cc1)=NCc1nnc(C)n1-2. The van der Waals surface area contributed by atoms with E-state index in [9.17, 15) is 9.59 Å². The van der Waals surface area contributed by atoms with Crippen LogP contribution >= 0.6 is 22.9 Å². The molecule has 13 heteroatoms. The van der Waals surface area contributed by atoms with E-state index >= 15 is 0 Å². The van der Waals surface area contributed by atoms with Crippen LogP contribution in [0.1, 0.15) is 66.5 Å². The van der Waals surface area contributed by atoms with Crippen molar-refractivity contribution in [1.29, 1.82) is 0 Å². The molecule has 4 aromatic rings. The molecule has 0 aliphatic carbocycles. The van der Waals surface area contributed by atoms with E-state index in [2.05, 4.69) is 38.6 Å². The van der Waals surface area contributed by atoms with E-state index in [-0.39, 0.29) is 12.0 Å². The molecule has 1 aromatic carbocycles. The zero-order chi connectivity index (χ0) is 33.2. The number of amides is 2. The highest BCUT2D eigenvalue weighted by molar-refractivity contribution is 7.15. The molecular formula is C33H37ClN8O3S. The van der Waals surface area contributed by atoms with Gasteiger partial charge < -0.3 is 14.5 Å². The number of aryl methyl sites for hydroxylation is 2. The van der Waals surface area contributed by atoms with Gasteiger partial charge in [-0.15, -0.1) is 21.5 Å². The molecule has 0 unspecified atom stereocenters. The molecule has 2 amide bonds. The van der Waals surface area contributed by atoms with Gasteiger partial charge >= 0.3 is 6.09 Å². The Hall–Kier alpha value is -4.47. The Bertz CT molecular complexity index is 1850. The van der Waals surface area contributed by atoms with Gasteiger partial charge in [-0.1, -0.05) is 35.6 Å². The van der Waals surface area contributed by atoms with Crippen molar-refractivity contribution in [3.63, 3.8) is 0 Å². The van der Waals surface area contributed by atoms with E-state index in [1.807, 2.05) is 65.2 Å². The fourth-order valence-corrected chi connectivity index (χ4v) is 6.40. The Kier molecular flexibility index (Phi) is 9.65. The van der Waals surface area contributed by atoms with Gasteiger partial charge in [-0.05, 0) is 52.3 Å². The van der Waals surface area contributed by atoms with Crippen molar-refractivity contribution in [2.45, 2.75) is 53.7 Å². The quantitative estimate of drug-likeness (QED) is 0.261. The average Bonchev–Trinajstić information content (AvgIpc) is 3.65. The standard InChI is InChI=1S/C22H17ClN6S.C11H20N2O3/c1-13-18(9-4-15-10-25-28(3)12-15)30-22-20(13)21(16-5-7-17(23)8-6-16)24-11-19-27-26-14(2)29(19)22;1-9(14)12-5-7-13(8-6-12)10(15)16-11(2,3)4/h5-8,10,12H,11H2,1-3H3;5-8H2,1-4H3. The minimum atomic E-state index is -0.463. The largest absolute Gasteiger partial charge is 0.444 e. The minimum absolute atomic E-state index is 0.0591. The molecule has 1 saturated heterocycles. The van der Waals surface area contributed by atoms with Crippen molar-refractivity contribution in [2.75, 3.05) is 26.2 Å². The van der Waals surface area contributed by atoms with Crippen molar-refractivity contribution in [3.05, 3.63) is 80.5 Å². The molecule has 0 saturated carbocycles. The summed E-state index contributed by atoms with van der Waals surface area (Å²) in [7, 11) is 1.88. The van der Waals surface area contributed by atoms with Crippen molar-refractivity contribution in [3.8, 4) is 16.8 Å². The fraction of sp³-hybridized carbons (Fsp3) is 0.394. The molecule has 0 atom stereocenters. The highest BCUT2D eigenvalue weighted by Crippen LogP contribution is 2.36. The highest BCUT2D eigenvalue weighted by atomic mass is 35.5. The molecular weight excluding hydrogens is 624 g/mol. The Morgan fingerprint density at radius 3 is 2.28 bits per heavy atom. The summed E-state index contributed by atoms with van der Waals surface area (Å²) in [6.45, 7) is 13.9. The van der Waals surface area contributed by atoms with Crippen LogP contribution in [0.15, 0.2) is 41.7 Å². The third-order valence-corrected chi connectivity index (χ3v) is 8.80. The summed E-state index contributed by atoms with van der Waals surface area (Å²) in [5.74, 6) is 8.27. The fourth-order valence-electron chi connectivity index (χ4n) is 5.04. The maximum atomic E-state index is 11.7. The predicted molar refractivity (Wildman–Crippen MR) is 179 cm³/mol. The van der Waals surface area contributed by atoms with Crippen LogP contribution in [0.3, 0.4) is 0 Å². The number of hydrogen-bond donors (Lipinski definition) is 0. The molecule has 46 heavy (non-hydrogen) atoms. The minimum Gasteiger partial charge on any atom is -0.444 e. The van der Waals surface area contributed by atoms with Crippen LogP contribution in [0.4, 0.5) is 4.79 Å². The van der Waals surface area contributed by atoms with E-state index in [1.165, 1.54) is 0 Å². The second-order valence-electron chi connectivity index (χ2n) is 12.0. The molecule has 3 aromatic heterocycles. The molecule has 6 rings (SSSR count). The van der Waals surface area contributed by atoms with Gasteiger partial charge in [-0.2, -0.15) is 5.10 Å². The maximum absolute atomic E-state index is 11.7. The number of aliphatic imine (C=N–C) groups is 1. The third-order valence-electron chi connectivity index (χ3n) is 7.36. The molecule has 11 nitrogen and oxygen atoms in total. The lowest BCUT2D eigenvalue weighted by Gasteiger charge is -2.35. The third kappa shape index (κ3) is 7.49. The lowest BCUT2D eigenvalue weighted by atomic mass is 10.00. The second kappa shape index (κ2) is 13.5. The van der Waals surface area contributed by atoms with Gasteiger partial charge in [0.05, 0.1) is 22.3 Å². The smallest absolute Gasteiger partial charge is 0.410 e. The number of rotatable bonds is 1. The van der Waals surface area contributed by atoms with Crippen LogP contribution in [0.2, 0.25) is 5.02 Å². The Labute approximate surface area is 277 Å². The average molecular weight is 661 g/mol. The first kappa shape index (κ1) is 32.9. The van der Waals surface area contributed by atoms with Gasteiger partial charge in [0.25, 0.3) is 0 Å². The monoisotopic (exact) mass is 660 g/mol. The number of aromatic nitrogens is 5. The zero-order valence-corrected chi connectivity index (χ0v) is 28.7. The first-order valence-electron chi connectivity index (χ1n) is 14.9. The molecule has 0 spiro atoms. The van der Waals surface area contributed by atoms with Gasteiger partial charge in [-0.25, -0.2) is 4.79 Å². The van der Waals surface area contributed by atoms with Crippen molar-refractivity contribution < 1.29 is 14.3 Å². The molecule has 0 N–H and O–H groups in total. The number of fused-ring (bicyclic) bond motifs is 3. The summed E-state index contributed by atoms with van der Waals surface area (Å²) in [5.41, 5.74) is 4.53. The zero-order valence-electron chi connectivity index (χ0n) is 27.1. The summed E-state index contributed by atoms with van der Waals surface area (Å²) >= 11 is 7.75. The molecule has 2 aliphatic heterocycles. The lowest BCUT2D eigenvalue weighted by Crippen LogP contribution is -2.51. The summed E-state index contributed by atoms with van der Waals surface area (Å²) in [4.78, 5) is 32.1. The summed E-state index contributed by atoms with van der Waals surface area (Å²) in [6, 6.07) is 7.78. The molecule has 5 heterocycles. The number of piperazine rings is 1. The van der Waals surface area contributed by atoms with E-state index < -0.39 is 5.60 Å². The van der Waals surface area contributed by atoms with Crippen LogP contribution in [0.5, 0.6) is 0 Å². The van der Waals surface area contributed by atoms with Crippen LogP contribution in [-0.2, 0) is 23.1 Å². The number of carbonyl (C=O) groups is 2. The van der Waals surface area contributed by atoms with Crippen LogP contribution in [0.25, 0.3) is 5.00 Å². The molecule has 2 aliphatic rings.